The molecule has 0 aliphatic carbocycles. The lowest BCUT2D eigenvalue weighted by molar-refractivity contribution is 0.446. The van der Waals surface area contributed by atoms with Gasteiger partial charge in [-0.3, -0.25) is 9.55 Å². The summed E-state index contributed by atoms with van der Waals surface area (Å²) in [5.41, 5.74) is 13.9. The molecule has 63 heavy (non-hydrogen) atoms. The van der Waals surface area contributed by atoms with Crippen LogP contribution in [0.5, 0.6) is 5.75 Å². The van der Waals surface area contributed by atoms with Crippen molar-refractivity contribution in [3.63, 3.8) is 0 Å². The summed E-state index contributed by atoms with van der Waals surface area (Å²) in [6.45, 7) is 19.9. The van der Waals surface area contributed by atoms with Gasteiger partial charge in [0.2, 0.25) is 0 Å². The molecule has 312 valence electrons. The minimum Gasteiger partial charge on any atom is -0.507 e. The Kier molecular flexibility index (Phi) is 9.27. The first-order valence-electron chi connectivity index (χ1n) is 22.0. The first-order chi connectivity index (χ1) is 30.0. The van der Waals surface area contributed by atoms with E-state index >= 15 is 0 Å². The van der Waals surface area contributed by atoms with Crippen LogP contribution in [0.25, 0.3) is 94.3 Å². The summed E-state index contributed by atoms with van der Waals surface area (Å²) in [7, 11) is 0. The molecule has 3 heterocycles. The van der Waals surface area contributed by atoms with Crippen molar-refractivity contribution in [3.8, 4) is 56.3 Å². The van der Waals surface area contributed by atoms with Crippen LogP contribution in [0.1, 0.15) is 79.0 Å². The van der Waals surface area contributed by atoms with E-state index in [9.17, 15) is 5.11 Å². The zero-order valence-electron chi connectivity index (χ0n) is 37.6. The van der Waals surface area contributed by atoms with E-state index in [1.807, 2.05) is 6.20 Å². The van der Waals surface area contributed by atoms with Crippen LogP contribution in [0.15, 0.2) is 156 Å². The molecule has 5 heteroatoms. The first-order valence-corrected chi connectivity index (χ1v) is 22.0. The van der Waals surface area contributed by atoms with Gasteiger partial charge in [-0.2, -0.15) is 0 Å². The SMILES string of the molecule is CC(C)(C)c1ccc(-n2c(-c3cc(C(C)(C)C)cc(C(C)(C)C)c3O)nc3c(-c4cccc(-c5cc6oc7ccc8ccccc8c7c6cn5)c4)cccc32)c(-c2ccccc2)c1. The fraction of sp³-hybridized carbons (Fsp3) is 0.207. The van der Waals surface area contributed by atoms with E-state index in [0.717, 1.165) is 88.7 Å². The Morgan fingerprint density at radius 2 is 1.22 bits per heavy atom. The van der Waals surface area contributed by atoms with Crippen molar-refractivity contribution in [2.24, 2.45) is 0 Å². The zero-order valence-corrected chi connectivity index (χ0v) is 37.6. The molecular weight excluding hydrogens is 771 g/mol. The number of rotatable bonds is 5. The maximum absolute atomic E-state index is 12.5. The van der Waals surface area contributed by atoms with Crippen molar-refractivity contribution in [1.29, 1.82) is 0 Å². The minimum absolute atomic E-state index is 0.0703. The molecule has 3 aromatic heterocycles. The molecule has 0 atom stereocenters. The predicted molar refractivity (Wildman–Crippen MR) is 263 cm³/mol. The number of phenols is 1. The Bertz CT molecular complexity index is 3400. The number of aromatic hydroxyl groups is 1. The molecule has 0 saturated heterocycles. The number of furan rings is 1. The smallest absolute Gasteiger partial charge is 0.149 e. The van der Waals surface area contributed by atoms with Gasteiger partial charge in [-0.15, -0.1) is 0 Å². The number of pyridine rings is 1. The minimum atomic E-state index is -0.320. The van der Waals surface area contributed by atoms with Crippen molar-refractivity contribution in [3.05, 3.63) is 168 Å². The zero-order chi connectivity index (χ0) is 44.0. The maximum Gasteiger partial charge on any atom is 0.149 e. The number of benzene rings is 7. The summed E-state index contributed by atoms with van der Waals surface area (Å²) < 4.78 is 8.73. The fourth-order valence-corrected chi connectivity index (χ4v) is 9.06. The van der Waals surface area contributed by atoms with Crippen LogP contribution in [-0.4, -0.2) is 19.6 Å². The van der Waals surface area contributed by atoms with Crippen molar-refractivity contribution in [2.75, 3.05) is 0 Å². The van der Waals surface area contributed by atoms with Crippen LogP contribution in [0.4, 0.5) is 0 Å². The molecule has 0 spiro atoms. The van der Waals surface area contributed by atoms with Crippen molar-refractivity contribution in [1.82, 2.24) is 14.5 Å². The monoisotopic (exact) mass is 823 g/mol. The van der Waals surface area contributed by atoms with Crippen molar-refractivity contribution in [2.45, 2.75) is 78.6 Å². The number of fused-ring (bicyclic) bond motifs is 6. The summed E-state index contributed by atoms with van der Waals surface area (Å²) >= 11 is 0. The average molecular weight is 824 g/mol. The van der Waals surface area contributed by atoms with E-state index in [1.165, 1.54) is 10.9 Å². The lowest BCUT2D eigenvalue weighted by Crippen LogP contribution is -2.17. The van der Waals surface area contributed by atoms with E-state index in [2.05, 4.69) is 212 Å². The summed E-state index contributed by atoms with van der Waals surface area (Å²) in [6.07, 6.45) is 1.95. The molecule has 0 amide bonds. The number of phenolic OH excluding ortho intramolecular Hbond substituents is 1. The first kappa shape index (κ1) is 40.1. The Morgan fingerprint density at radius 3 is 1.98 bits per heavy atom. The molecule has 0 unspecified atom stereocenters. The van der Waals surface area contributed by atoms with Gasteiger partial charge in [0.15, 0.2) is 0 Å². The number of hydrogen-bond donors (Lipinski definition) is 1. The number of aromatic nitrogens is 3. The fourth-order valence-electron chi connectivity index (χ4n) is 9.06. The highest BCUT2D eigenvalue weighted by molar-refractivity contribution is 6.18. The van der Waals surface area contributed by atoms with E-state index in [-0.39, 0.29) is 22.0 Å². The Hall–Kier alpha value is -6.98. The van der Waals surface area contributed by atoms with Crippen LogP contribution in [0, 0.1) is 0 Å². The van der Waals surface area contributed by atoms with Crippen LogP contribution < -0.4 is 0 Å². The van der Waals surface area contributed by atoms with Crippen LogP contribution in [-0.2, 0) is 16.2 Å². The van der Waals surface area contributed by atoms with E-state index in [0.29, 0.717) is 11.4 Å². The van der Waals surface area contributed by atoms with Gasteiger partial charge >= 0.3 is 0 Å². The van der Waals surface area contributed by atoms with Gasteiger partial charge in [-0.1, -0.05) is 165 Å². The second-order valence-corrected chi connectivity index (χ2v) is 20.1. The largest absolute Gasteiger partial charge is 0.507 e. The van der Waals surface area contributed by atoms with Gasteiger partial charge in [0.1, 0.15) is 22.7 Å². The van der Waals surface area contributed by atoms with E-state index in [4.69, 9.17) is 14.4 Å². The molecule has 10 rings (SSSR count). The van der Waals surface area contributed by atoms with Gasteiger partial charge in [0.25, 0.3) is 0 Å². The molecule has 10 aromatic rings. The topological polar surface area (TPSA) is 64.1 Å². The van der Waals surface area contributed by atoms with Gasteiger partial charge in [-0.25, -0.2) is 4.98 Å². The Morgan fingerprint density at radius 1 is 0.524 bits per heavy atom. The number of nitrogens with zero attached hydrogens (tertiary/aromatic N) is 3. The number of imidazole rings is 1. The molecule has 0 aliphatic rings. The highest BCUT2D eigenvalue weighted by Crippen LogP contribution is 2.46. The standard InChI is InChI=1S/C58H53N3O2/c1-56(2,3)39-26-27-48(43(30-39)35-17-11-10-12-18-35)61-49-24-16-23-42(53(49)60-55(61)44-31-40(57(4,5)6)32-46(54(44)62)58(7,8)9)37-20-15-21-38(29-37)47-33-51-45(34-59-47)52-41-22-14-13-19-36(41)25-28-50(52)63-51/h10-34,62H,1-9H3. The molecule has 5 nitrogen and oxygen atoms in total. The molecule has 0 bridgehead atoms. The van der Waals surface area contributed by atoms with Crippen LogP contribution >= 0.6 is 0 Å². The summed E-state index contributed by atoms with van der Waals surface area (Å²) in [5.74, 6) is 0.941. The molecular formula is C58H53N3O2. The molecule has 0 aliphatic heterocycles. The van der Waals surface area contributed by atoms with Gasteiger partial charge in [0.05, 0.1) is 28.0 Å². The molecule has 0 radical (unpaired) electrons. The summed E-state index contributed by atoms with van der Waals surface area (Å²) in [4.78, 5) is 10.6. The Labute approximate surface area is 369 Å². The molecule has 7 aromatic carbocycles. The lowest BCUT2D eigenvalue weighted by atomic mass is 9.79. The van der Waals surface area contributed by atoms with Gasteiger partial charge in [-0.05, 0) is 85.7 Å². The second kappa shape index (κ2) is 14.6. The quantitative estimate of drug-likeness (QED) is 0.188. The van der Waals surface area contributed by atoms with E-state index in [1.54, 1.807) is 0 Å². The third kappa shape index (κ3) is 6.96. The average Bonchev–Trinajstić information content (AvgIpc) is 3.84. The molecule has 0 fully saturated rings. The lowest BCUT2D eigenvalue weighted by Gasteiger charge is -2.28. The van der Waals surface area contributed by atoms with Gasteiger partial charge < -0.3 is 9.52 Å². The van der Waals surface area contributed by atoms with Crippen LogP contribution in [0.3, 0.4) is 0 Å². The summed E-state index contributed by atoms with van der Waals surface area (Å²) in [5, 5.41) is 16.9. The van der Waals surface area contributed by atoms with Crippen LogP contribution in [0.2, 0.25) is 0 Å². The third-order valence-electron chi connectivity index (χ3n) is 12.6. The normalized spacial score (nSPS) is 12.6. The highest BCUT2D eigenvalue weighted by atomic mass is 16.3. The highest BCUT2D eigenvalue weighted by Gasteiger charge is 2.30. The van der Waals surface area contributed by atoms with Gasteiger partial charge in [0, 0.05) is 45.3 Å². The Balaban J connectivity index is 1.21. The molecule has 1 N–H and O–H groups in total. The predicted octanol–water partition coefficient (Wildman–Crippen LogP) is 15.7. The summed E-state index contributed by atoms with van der Waals surface area (Å²) in [6, 6.07) is 51.3. The van der Waals surface area contributed by atoms with Crippen molar-refractivity contribution < 1.29 is 9.52 Å². The number of para-hydroxylation sites is 1. The number of hydrogen-bond acceptors (Lipinski definition) is 4. The van der Waals surface area contributed by atoms with E-state index < -0.39 is 0 Å². The van der Waals surface area contributed by atoms with Crippen molar-refractivity contribution >= 4 is 43.7 Å². The second-order valence-electron chi connectivity index (χ2n) is 20.1. The maximum atomic E-state index is 12.5. The molecule has 0 saturated carbocycles. The third-order valence-corrected chi connectivity index (χ3v) is 12.6.